The molecule has 0 saturated carbocycles. The number of oxime groups is 1. The molecular weight excluding hydrogens is 158 g/mol. The van der Waals surface area contributed by atoms with E-state index >= 15 is 0 Å². The molecular formula is C8H11NO3. The summed E-state index contributed by atoms with van der Waals surface area (Å²) in [6.45, 7) is 6.39. The number of rotatable bonds is 4. The zero-order valence-corrected chi connectivity index (χ0v) is 7.07. The highest BCUT2D eigenvalue weighted by molar-refractivity contribution is 6.34. The van der Waals surface area contributed by atoms with Crippen LogP contribution in [0.1, 0.15) is 13.8 Å². The van der Waals surface area contributed by atoms with Gasteiger partial charge in [0.1, 0.15) is 6.21 Å². The number of carbonyl (C=O) groups is 2. The summed E-state index contributed by atoms with van der Waals surface area (Å²) in [6.07, 6.45) is 0.714. The van der Waals surface area contributed by atoms with Gasteiger partial charge in [0, 0.05) is 0 Å². The first-order valence-corrected chi connectivity index (χ1v) is 3.41. The molecule has 0 aliphatic rings. The van der Waals surface area contributed by atoms with Crippen LogP contribution >= 0.6 is 0 Å². The largest absolute Gasteiger partial charge is 0.411 e. The highest BCUT2D eigenvalue weighted by Crippen LogP contribution is 2.04. The van der Waals surface area contributed by atoms with Gasteiger partial charge in [-0.3, -0.25) is 9.59 Å². The average molecular weight is 169 g/mol. The van der Waals surface area contributed by atoms with Crippen molar-refractivity contribution in [3.63, 3.8) is 0 Å². The number of ketones is 2. The van der Waals surface area contributed by atoms with Crippen molar-refractivity contribution in [3.8, 4) is 0 Å². The first-order valence-electron chi connectivity index (χ1n) is 3.41. The minimum absolute atomic E-state index is 0.321. The number of allylic oxidation sites excluding steroid dienone is 1. The lowest BCUT2D eigenvalue weighted by Gasteiger charge is -2.03. The summed E-state index contributed by atoms with van der Waals surface area (Å²) in [5.41, 5.74) is 0.321. The van der Waals surface area contributed by atoms with E-state index in [9.17, 15) is 9.59 Å². The van der Waals surface area contributed by atoms with E-state index in [1.54, 1.807) is 0 Å². The molecule has 0 spiro atoms. The number of hydrogen-bond donors (Lipinski definition) is 1. The Morgan fingerprint density at radius 2 is 2.08 bits per heavy atom. The molecule has 0 aromatic rings. The Morgan fingerprint density at radius 1 is 1.58 bits per heavy atom. The van der Waals surface area contributed by atoms with Gasteiger partial charge in [0.25, 0.3) is 0 Å². The third-order valence-corrected chi connectivity index (χ3v) is 1.43. The van der Waals surface area contributed by atoms with Crippen LogP contribution in [0.3, 0.4) is 0 Å². The van der Waals surface area contributed by atoms with Crippen molar-refractivity contribution in [2.45, 2.75) is 13.8 Å². The summed E-state index contributed by atoms with van der Waals surface area (Å²) in [6, 6.07) is 0. The van der Waals surface area contributed by atoms with E-state index in [0.717, 1.165) is 0 Å². The Bertz CT molecular complexity index is 243. The highest BCUT2D eigenvalue weighted by atomic mass is 16.4. The number of carbonyl (C=O) groups excluding carboxylic acids is 2. The lowest BCUT2D eigenvalue weighted by molar-refractivity contribution is -0.126. The molecule has 0 aliphatic heterocycles. The third kappa shape index (κ3) is 2.65. The fourth-order valence-electron chi connectivity index (χ4n) is 0.668. The van der Waals surface area contributed by atoms with E-state index in [2.05, 4.69) is 11.7 Å². The molecule has 0 saturated heterocycles. The lowest BCUT2D eigenvalue weighted by atomic mass is 9.98. The first-order chi connectivity index (χ1) is 5.50. The van der Waals surface area contributed by atoms with Crippen LogP contribution < -0.4 is 0 Å². The van der Waals surface area contributed by atoms with Crippen molar-refractivity contribution in [2.24, 2.45) is 11.1 Å². The molecule has 0 amide bonds. The molecule has 4 nitrogen and oxygen atoms in total. The topological polar surface area (TPSA) is 66.7 Å². The molecule has 0 aromatic heterocycles. The van der Waals surface area contributed by atoms with Crippen molar-refractivity contribution in [3.05, 3.63) is 12.2 Å². The smallest absolute Gasteiger partial charge is 0.187 e. The van der Waals surface area contributed by atoms with E-state index in [1.807, 2.05) is 0 Å². The van der Waals surface area contributed by atoms with E-state index in [0.29, 0.717) is 11.8 Å². The summed E-state index contributed by atoms with van der Waals surface area (Å²) in [5.74, 6) is -1.66. The van der Waals surface area contributed by atoms with Crippen LogP contribution in [-0.4, -0.2) is 23.0 Å². The molecule has 0 rings (SSSR count). The second-order valence-corrected chi connectivity index (χ2v) is 2.51. The van der Waals surface area contributed by atoms with Crippen LogP contribution in [0.15, 0.2) is 17.3 Å². The SMILES string of the molecule is C=C(C)C(=O)C(C)C(=O)C=NO. The van der Waals surface area contributed by atoms with Crippen LogP contribution in [0.5, 0.6) is 0 Å². The number of Topliss-reactive ketones (excluding diaryl/α,β-unsaturated/α-hetero) is 2. The predicted molar refractivity (Wildman–Crippen MR) is 44.3 cm³/mol. The van der Waals surface area contributed by atoms with Crippen molar-refractivity contribution < 1.29 is 14.8 Å². The van der Waals surface area contributed by atoms with Crippen LogP contribution in [0.2, 0.25) is 0 Å². The van der Waals surface area contributed by atoms with E-state index in [4.69, 9.17) is 5.21 Å². The fourth-order valence-corrected chi connectivity index (χ4v) is 0.668. The quantitative estimate of drug-likeness (QED) is 0.222. The molecule has 0 aromatic carbocycles. The van der Waals surface area contributed by atoms with Crippen molar-refractivity contribution in [1.29, 1.82) is 0 Å². The molecule has 1 unspecified atom stereocenters. The van der Waals surface area contributed by atoms with Gasteiger partial charge in [-0.15, -0.1) is 0 Å². The molecule has 0 aliphatic carbocycles. The van der Waals surface area contributed by atoms with Crippen LogP contribution in [0.25, 0.3) is 0 Å². The maximum atomic E-state index is 11.1. The Labute approximate surface area is 70.6 Å². The molecule has 0 fully saturated rings. The van der Waals surface area contributed by atoms with Gasteiger partial charge < -0.3 is 5.21 Å². The van der Waals surface area contributed by atoms with Crippen LogP contribution in [0, 0.1) is 5.92 Å². The Morgan fingerprint density at radius 3 is 2.42 bits per heavy atom. The van der Waals surface area contributed by atoms with Crippen molar-refractivity contribution in [1.82, 2.24) is 0 Å². The molecule has 1 atom stereocenters. The van der Waals surface area contributed by atoms with Crippen molar-refractivity contribution >= 4 is 17.8 Å². The summed E-state index contributed by atoms with van der Waals surface area (Å²) in [4.78, 5) is 22.0. The molecule has 4 heteroatoms. The van der Waals surface area contributed by atoms with E-state index in [1.165, 1.54) is 13.8 Å². The zero-order valence-electron chi connectivity index (χ0n) is 7.07. The van der Waals surface area contributed by atoms with Gasteiger partial charge in [0.2, 0.25) is 0 Å². The van der Waals surface area contributed by atoms with E-state index < -0.39 is 11.7 Å². The van der Waals surface area contributed by atoms with Crippen LogP contribution in [0.4, 0.5) is 0 Å². The molecule has 1 N–H and O–H groups in total. The second-order valence-electron chi connectivity index (χ2n) is 2.51. The summed E-state index contributed by atoms with van der Waals surface area (Å²) in [5, 5.41) is 10.6. The second kappa shape index (κ2) is 4.43. The monoisotopic (exact) mass is 169 g/mol. The average Bonchev–Trinajstić information content (AvgIpc) is 2.02. The summed E-state index contributed by atoms with van der Waals surface area (Å²) >= 11 is 0. The van der Waals surface area contributed by atoms with Crippen molar-refractivity contribution in [2.75, 3.05) is 0 Å². The molecule has 12 heavy (non-hydrogen) atoms. The summed E-state index contributed by atoms with van der Waals surface area (Å²) in [7, 11) is 0. The Balaban J connectivity index is 4.39. The van der Waals surface area contributed by atoms with Crippen LogP contribution in [-0.2, 0) is 9.59 Å². The van der Waals surface area contributed by atoms with Gasteiger partial charge >= 0.3 is 0 Å². The minimum Gasteiger partial charge on any atom is -0.411 e. The van der Waals surface area contributed by atoms with E-state index in [-0.39, 0.29) is 5.78 Å². The third-order valence-electron chi connectivity index (χ3n) is 1.43. The number of hydrogen-bond acceptors (Lipinski definition) is 4. The molecule has 66 valence electrons. The van der Waals surface area contributed by atoms with Gasteiger partial charge in [0.15, 0.2) is 11.6 Å². The standard InChI is InChI=1S/C8H11NO3/c1-5(2)8(11)6(3)7(10)4-9-12/h4,6,12H,1H2,2-3H3. The molecule has 0 radical (unpaired) electrons. The Kier molecular flexibility index (Phi) is 3.90. The number of nitrogens with zero attached hydrogens (tertiary/aromatic N) is 1. The summed E-state index contributed by atoms with van der Waals surface area (Å²) < 4.78 is 0. The van der Waals surface area contributed by atoms with Gasteiger partial charge in [-0.05, 0) is 19.4 Å². The fraction of sp³-hybridized carbons (Fsp3) is 0.375. The molecule has 0 bridgehead atoms. The first kappa shape index (κ1) is 10.6. The molecule has 0 heterocycles. The Hall–Kier alpha value is -1.45. The van der Waals surface area contributed by atoms with Gasteiger partial charge in [-0.25, -0.2) is 0 Å². The normalized spacial score (nSPS) is 12.8. The van der Waals surface area contributed by atoms with Gasteiger partial charge in [0.05, 0.1) is 5.92 Å². The zero-order chi connectivity index (χ0) is 9.72. The predicted octanol–water partition coefficient (Wildman–Crippen LogP) is 0.797. The van der Waals surface area contributed by atoms with Gasteiger partial charge in [-0.2, -0.15) is 0 Å². The maximum Gasteiger partial charge on any atom is 0.187 e. The highest BCUT2D eigenvalue weighted by Gasteiger charge is 2.19. The van der Waals surface area contributed by atoms with Gasteiger partial charge in [-0.1, -0.05) is 11.7 Å². The maximum absolute atomic E-state index is 11.1. The minimum atomic E-state index is -0.807. The lowest BCUT2D eigenvalue weighted by Crippen LogP contribution is -2.22.